The van der Waals surface area contributed by atoms with E-state index in [4.69, 9.17) is 4.74 Å². The number of carbonyl (C=O) groups is 1. The van der Waals surface area contributed by atoms with Crippen LogP contribution < -0.4 is 4.90 Å². The highest BCUT2D eigenvalue weighted by Gasteiger charge is 2.33. The fourth-order valence-corrected chi connectivity index (χ4v) is 6.20. The first-order valence-corrected chi connectivity index (χ1v) is 12.2. The molecule has 5 rings (SSSR count). The maximum absolute atomic E-state index is 13.6. The molecule has 3 saturated heterocycles. The highest BCUT2D eigenvalue weighted by atomic mass is 32.1. The van der Waals surface area contributed by atoms with Crippen molar-refractivity contribution >= 4 is 22.2 Å². The van der Waals surface area contributed by atoms with Crippen molar-refractivity contribution in [3.05, 3.63) is 41.3 Å². The Morgan fingerprint density at radius 1 is 1.00 bits per heavy atom. The molecule has 1 amide bonds. The number of hydrogen-bond acceptors (Lipinski definition) is 5. The lowest BCUT2D eigenvalue weighted by atomic mass is 10.1. The maximum Gasteiger partial charge on any atom is 0.264 e. The van der Waals surface area contributed by atoms with Crippen LogP contribution in [0.4, 0.5) is 5.00 Å². The van der Waals surface area contributed by atoms with Crippen LogP contribution in [0.5, 0.6) is 0 Å². The molecule has 0 aliphatic carbocycles. The maximum atomic E-state index is 13.6. The van der Waals surface area contributed by atoms with Gasteiger partial charge in [-0.25, -0.2) is 0 Å². The van der Waals surface area contributed by atoms with Crippen LogP contribution in [0, 0.1) is 0 Å². The molecule has 6 heteroatoms. The van der Waals surface area contributed by atoms with E-state index < -0.39 is 0 Å². The van der Waals surface area contributed by atoms with Gasteiger partial charge in [0.1, 0.15) is 0 Å². The SMILES string of the molecule is O=C(c1cc(-c2ccccc2)c(N2CCOCC2)s1)N1CCCC1CN1CCCC1. The first kappa shape index (κ1) is 20.0. The number of amides is 1. The smallest absolute Gasteiger partial charge is 0.264 e. The predicted octanol–water partition coefficient (Wildman–Crippen LogP) is 3.95. The Labute approximate surface area is 183 Å². The highest BCUT2D eigenvalue weighted by Crippen LogP contribution is 2.40. The molecule has 0 N–H and O–H groups in total. The lowest BCUT2D eigenvalue weighted by Crippen LogP contribution is -2.42. The Morgan fingerprint density at radius 2 is 1.77 bits per heavy atom. The molecular formula is C24H31N3O2S. The van der Waals surface area contributed by atoms with Gasteiger partial charge < -0.3 is 19.4 Å². The van der Waals surface area contributed by atoms with E-state index in [9.17, 15) is 4.79 Å². The van der Waals surface area contributed by atoms with Gasteiger partial charge in [-0.15, -0.1) is 11.3 Å². The molecule has 3 aliphatic heterocycles. The monoisotopic (exact) mass is 425 g/mol. The van der Waals surface area contributed by atoms with E-state index in [1.54, 1.807) is 11.3 Å². The van der Waals surface area contributed by atoms with Crippen molar-refractivity contribution in [1.82, 2.24) is 9.80 Å². The average Bonchev–Trinajstić information content (AvgIpc) is 3.56. The standard InChI is InChI=1S/C24H31N3O2S/c28-23(27-12-6-9-20(27)18-25-10-4-5-11-25)22-17-21(19-7-2-1-3-8-19)24(30-22)26-13-15-29-16-14-26/h1-3,7-8,17,20H,4-6,9-16,18H2. The topological polar surface area (TPSA) is 36.0 Å². The van der Waals surface area contributed by atoms with Crippen molar-refractivity contribution in [3.8, 4) is 11.1 Å². The molecule has 0 radical (unpaired) electrons. The molecule has 3 fully saturated rings. The molecule has 1 atom stereocenters. The number of hydrogen-bond donors (Lipinski definition) is 0. The van der Waals surface area contributed by atoms with Crippen molar-refractivity contribution in [2.75, 3.05) is 57.4 Å². The molecule has 0 bridgehead atoms. The Hall–Kier alpha value is -1.89. The van der Waals surface area contributed by atoms with Gasteiger partial charge in [0, 0.05) is 37.8 Å². The molecule has 160 valence electrons. The molecule has 2 aromatic rings. The van der Waals surface area contributed by atoms with Gasteiger partial charge in [0.25, 0.3) is 5.91 Å². The van der Waals surface area contributed by atoms with Crippen LogP contribution in [-0.2, 0) is 4.74 Å². The number of thiophene rings is 1. The molecule has 3 aliphatic rings. The molecule has 1 unspecified atom stereocenters. The van der Waals surface area contributed by atoms with E-state index in [0.717, 1.165) is 57.1 Å². The first-order chi connectivity index (χ1) is 14.8. The third-order valence-corrected chi connectivity index (χ3v) is 7.80. The van der Waals surface area contributed by atoms with Gasteiger partial charge in [0.05, 0.1) is 23.1 Å². The van der Waals surface area contributed by atoms with Gasteiger partial charge in [-0.05, 0) is 50.4 Å². The fourth-order valence-electron chi connectivity index (χ4n) is 5.01. The second kappa shape index (κ2) is 9.08. The Kier molecular flexibility index (Phi) is 6.07. The average molecular weight is 426 g/mol. The van der Waals surface area contributed by atoms with Crippen molar-refractivity contribution < 1.29 is 9.53 Å². The van der Waals surface area contributed by atoms with Gasteiger partial charge in [0.2, 0.25) is 0 Å². The fraction of sp³-hybridized carbons (Fsp3) is 0.542. The lowest BCUT2D eigenvalue weighted by molar-refractivity contribution is 0.0713. The molecule has 0 spiro atoms. The van der Waals surface area contributed by atoms with Crippen LogP contribution in [0.1, 0.15) is 35.4 Å². The number of rotatable bonds is 5. The van der Waals surface area contributed by atoms with Crippen molar-refractivity contribution in [2.45, 2.75) is 31.7 Å². The number of nitrogens with zero attached hydrogens (tertiary/aromatic N) is 3. The third-order valence-electron chi connectivity index (χ3n) is 6.61. The van der Waals surface area contributed by atoms with Gasteiger partial charge >= 0.3 is 0 Å². The van der Waals surface area contributed by atoms with Crippen molar-refractivity contribution in [3.63, 3.8) is 0 Å². The van der Waals surface area contributed by atoms with Gasteiger partial charge in [-0.3, -0.25) is 4.79 Å². The summed E-state index contributed by atoms with van der Waals surface area (Å²) in [6.45, 7) is 7.58. The number of ether oxygens (including phenoxy) is 1. The minimum atomic E-state index is 0.221. The number of carbonyl (C=O) groups excluding carboxylic acids is 1. The summed E-state index contributed by atoms with van der Waals surface area (Å²) in [5.74, 6) is 0.221. The predicted molar refractivity (Wildman–Crippen MR) is 123 cm³/mol. The summed E-state index contributed by atoms with van der Waals surface area (Å²) >= 11 is 1.67. The summed E-state index contributed by atoms with van der Waals surface area (Å²) in [7, 11) is 0. The van der Waals surface area contributed by atoms with Crippen LogP contribution in [0.3, 0.4) is 0 Å². The molecule has 5 nitrogen and oxygen atoms in total. The zero-order chi connectivity index (χ0) is 20.3. The third kappa shape index (κ3) is 4.13. The van der Waals surface area contributed by atoms with Gasteiger partial charge in [-0.2, -0.15) is 0 Å². The van der Waals surface area contributed by atoms with E-state index in [1.165, 1.54) is 42.1 Å². The van der Waals surface area contributed by atoms with Gasteiger partial charge in [-0.1, -0.05) is 30.3 Å². The second-order valence-electron chi connectivity index (χ2n) is 8.60. The van der Waals surface area contributed by atoms with Crippen LogP contribution in [0.2, 0.25) is 0 Å². The Balaban J connectivity index is 1.41. The summed E-state index contributed by atoms with van der Waals surface area (Å²) in [6, 6.07) is 13.0. The molecule has 30 heavy (non-hydrogen) atoms. The van der Waals surface area contributed by atoms with E-state index in [2.05, 4.69) is 45.0 Å². The summed E-state index contributed by atoms with van der Waals surface area (Å²) in [6.07, 6.45) is 4.86. The van der Waals surface area contributed by atoms with Crippen LogP contribution in [-0.4, -0.2) is 74.2 Å². The van der Waals surface area contributed by atoms with Gasteiger partial charge in [0.15, 0.2) is 0 Å². The molecule has 4 heterocycles. The first-order valence-electron chi connectivity index (χ1n) is 11.3. The summed E-state index contributed by atoms with van der Waals surface area (Å²) in [5, 5.41) is 1.21. The molecule has 0 saturated carbocycles. The molecule has 1 aromatic carbocycles. The summed E-state index contributed by atoms with van der Waals surface area (Å²) in [5.41, 5.74) is 2.37. The number of likely N-dealkylation sites (tertiary alicyclic amines) is 2. The quantitative estimate of drug-likeness (QED) is 0.727. The van der Waals surface area contributed by atoms with E-state index >= 15 is 0 Å². The highest BCUT2D eigenvalue weighted by molar-refractivity contribution is 7.18. The van der Waals surface area contributed by atoms with Crippen molar-refractivity contribution in [2.24, 2.45) is 0 Å². The zero-order valence-electron chi connectivity index (χ0n) is 17.6. The summed E-state index contributed by atoms with van der Waals surface area (Å²) < 4.78 is 5.56. The number of morpholine rings is 1. The Morgan fingerprint density at radius 3 is 2.53 bits per heavy atom. The van der Waals surface area contributed by atoms with Crippen LogP contribution in [0.25, 0.3) is 11.1 Å². The minimum absolute atomic E-state index is 0.221. The van der Waals surface area contributed by atoms with Crippen LogP contribution in [0.15, 0.2) is 36.4 Å². The summed E-state index contributed by atoms with van der Waals surface area (Å²) in [4.78, 5) is 21.5. The Bertz CT molecular complexity index is 857. The normalized spacial score (nSPS) is 22.7. The van der Waals surface area contributed by atoms with Crippen LogP contribution >= 0.6 is 11.3 Å². The zero-order valence-corrected chi connectivity index (χ0v) is 18.4. The number of anilines is 1. The van der Waals surface area contributed by atoms with E-state index in [0.29, 0.717) is 6.04 Å². The van der Waals surface area contributed by atoms with E-state index in [-0.39, 0.29) is 5.91 Å². The second-order valence-corrected chi connectivity index (χ2v) is 9.63. The molecule has 1 aromatic heterocycles. The lowest BCUT2D eigenvalue weighted by Gasteiger charge is -2.29. The number of benzene rings is 1. The van der Waals surface area contributed by atoms with Crippen molar-refractivity contribution in [1.29, 1.82) is 0 Å². The molecular weight excluding hydrogens is 394 g/mol. The minimum Gasteiger partial charge on any atom is -0.378 e. The largest absolute Gasteiger partial charge is 0.378 e. The van der Waals surface area contributed by atoms with E-state index in [1.807, 2.05) is 6.07 Å².